The topological polar surface area (TPSA) is 58.6 Å². The van der Waals surface area contributed by atoms with Gasteiger partial charge in [-0.15, -0.1) is 0 Å². The quantitative estimate of drug-likeness (QED) is 0.697. The Bertz CT molecular complexity index is 234. The minimum Gasteiger partial charge on any atom is -0.481 e. The highest BCUT2D eigenvalue weighted by Gasteiger charge is 2.45. The van der Waals surface area contributed by atoms with E-state index in [1.165, 1.54) is 0 Å². The summed E-state index contributed by atoms with van der Waals surface area (Å²) >= 11 is 0. The molecule has 1 saturated heterocycles. The molecule has 1 rings (SSSR count). The average molecular weight is 215 g/mol. The van der Waals surface area contributed by atoms with Gasteiger partial charge in [0.2, 0.25) is 0 Å². The van der Waals surface area contributed by atoms with Crippen LogP contribution < -0.4 is 5.32 Å². The fourth-order valence-corrected chi connectivity index (χ4v) is 1.41. The van der Waals surface area contributed by atoms with Gasteiger partial charge in [0.25, 0.3) is 0 Å². The van der Waals surface area contributed by atoms with E-state index in [0.29, 0.717) is 19.8 Å². The van der Waals surface area contributed by atoms with Crippen molar-refractivity contribution in [1.82, 2.24) is 5.32 Å². The average Bonchev–Trinajstić information content (AvgIpc) is 2.09. The number of nitrogens with one attached hydrogen (secondary N) is 1. The first kappa shape index (κ1) is 12.5. The third kappa shape index (κ3) is 2.92. The lowest BCUT2D eigenvalue weighted by Gasteiger charge is -2.38. The first-order valence-corrected chi connectivity index (χ1v) is 5.44. The molecule has 0 spiro atoms. The summed E-state index contributed by atoms with van der Waals surface area (Å²) in [6.45, 7) is 8.50. The molecule has 2 N–H and O–H groups in total. The second-order valence-electron chi connectivity index (χ2n) is 5.20. The van der Waals surface area contributed by atoms with Crippen LogP contribution in [0.3, 0.4) is 0 Å². The van der Waals surface area contributed by atoms with Gasteiger partial charge in [0.05, 0.1) is 13.2 Å². The Morgan fingerprint density at radius 2 is 2.13 bits per heavy atom. The van der Waals surface area contributed by atoms with Crippen molar-refractivity contribution >= 4 is 5.97 Å². The van der Waals surface area contributed by atoms with Gasteiger partial charge < -0.3 is 15.2 Å². The van der Waals surface area contributed by atoms with Crippen molar-refractivity contribution in [2.75, 3.05) is 26.3 Å². The predicted molar refractivity (Wildman–Crippen MR) is 57.8 cm³/mol. The van der Waals surface area contributed by atoms with Crippen LogP contribution in [0.15, 0.2) is 0 Å². The number of carboxylic acids is 1. The second-order valence-corrected chi connectivity index (χ2v) is 5.20. The molecule has 1 aliphatic heterocycles. The van der Waals surface area contributed by atoms with Crippen molar-refractivity contribution in [3.8, 4) is 0 Å². The van der Waals surface area contributed by atoms with Crippen LogP contribution in [0, 0.1) is 10.8 Å². The molecule has 88 valence electrons. The first-order chi connectivity index (χ1) is 6.92. The lowest BCUT2D eigenvalue weighted by molar-refractivity contribution is -0.178. The number of ether oxygens (including phenoxy) is 1. The molecule has 0 atom stereocenters. The van der Waals surface area contributed by atoms with Crippen molar-refractivity contribution in [3.05, 3.63) is 0 Å². The van der Waals surface area contributed by atoms with Crippen molar-refractivity contribution in [2.24, 2.45) is 10.8 Å². The van der Waals surface area contributed by atoms with Crippen LogP contribution in [0.4, 0.5) is 0 Å². The Balaban J connectivity index is 2.33. The Kier molecular flexibility index (Phi) is 3.73. The summed E-state index contributed by atoms with van der Waals surface area (Å²) < 4.78 is 4.99. The van der Waals surface area contributed by atoms with Gasteiger partial charge in [-0.3, -0.25) is 4.79 Å². The molecule has 1 fully saturated rings. The SMILES string of the molecule is CCC(C)(C)CNCC1(C(=O)O)COC1. The fourth-order valence-electron chi connectivity index (χ4n) is 1.41. The number of rotatable bonds is 6. The van der Waals surface area contributed by atoms with Gasteiger partial charge >= 0.3 is 5.97 Å². The molecule has 1 aliphatic rings. The van der Waals surface area contributed by atoms with Crippen LogP contribution in [-0.4, -0.2) is 37.4 Å². The van der Waals surface area contributed by atoms with E-state index in [9.17, 15) is 4.79 Å². The summed E-state index contributed by atoms with van der Waals surface area (Å²) in [5.74, 6) is -0.754. The van der Waals surface area contributed by atoms with Gasteiger partial charge in [0.1, 0.15) is 5.41 Å². The number of carboxylic acid groups (broad SMARTS) is 1. The lowest BCUT2D eigenvalue weighted by Crippen LogP contribution is -2.55. The zero-order valence-electron chi connectivity index (χ0n) is 9.80. The van der Waals surface area contributed by atoms with Gasteiger partial charge in [-0.25, -0.2) is 0 Å². The maximum absolute atomic E-state index is 11.0. The molecular weight excluding hydrogens is 194 g/mol. The van der Waals surface area contributed by atoms with E-state index in [4.69, 9.17) is 9.84 Å². The highest BCUT2D eigenvalue weighted by Crippen LogP contribution is 2.27. The predicted octanol–water partition coefficient (Wildman–Crippen LogP) is 1.11. The van der Waals surface area contributed by atoms with Gasteiger partial charge in [0.15, 0.2) is 0 Å². The Morgan fingerprint density at radius 1 is 1.53 bits per heavy atom. The third-order valence-electron chi connectivity index (χ3n) is 3.23. The van der Waals surface area contributed by atoms with E-state index in [1.54, 1.807) is 0 Å². The van der Waals surface area contributed by atoms with E-state index >= 15 is 0 Å². The van der Waals surface area contributed by atoms with Crippen LogP contribution in [0.1, 0.15) is 27.2 Å². The molecule has 0 aromatic heterocycles. The third-order valence-corrected chi connectivity index (χ3v) is 3.23. The Hall–Kier alpha value is -0.610. The molecule has 1 heterocycles. The standard InChI is InChI=1S/C11H21NO3/c1-4-10(2,3)5-12-6-11(9(13)14)7-15-8-11/h12H,4-8H2,1-3H3,(H,13,14). The minimum absolute atomic E-state index is 0.226. The number of aliphatic carboxylic acids is 1. The van der Waals surface area contributed by atoms with Crippen molar-refractivity contribution in [3.63, 3.8) is 0 Å². The first-order valence-electron chi connectivity index (χ1n) is 5.44. The van der Waals surface area contributed by atoms with E-state index in [1.807, 2.05) is 0 Å². The molecular formula is C11H21NO3. The molecule has 4 heteroatoms. The number of hydrogen-bond donors (Lipinski definition) is 2. The minimum atomic E-state index is -0.754. The van der Waals surface area contributed by atoms with Crippen molar-refractivity contribution in [1.29, 1.82) is 0 Å². The molecule has 0 aromatic carbocycles. The number of hydrogen-bond acceptors (Lipinski definition) is 3. The zero-order valence-corrected chi connectivity index (χ0v) is 9.80. The Morgan fingerprint density at radius 3 is 2.47 bits per heavy atom. The highest BCUT2D eigenvalue weighted by atomic mass is 16.5. The largest absolute Gasteiger partial charge is 0.481 e. The molecule has 15 heavy (non-hydrogen) atoms. The monoisotopic (exact) mass is 215 g/mol. The maximum atomic E-state index is 11.0. The molecule has 0 radical (unpaired) electrons. The van der Waals surface area contributed by atoms with E-state index in [0.717, 1.165) is 13.0 Å². The van der Waals surface area contributed by atoms with Crippen LogP contribution in [0.25, 0.3) is 0 Å². The fraction of sp³-hybridized carbons (Fsp3) is 0.909. The summed E-state index contributed by atoms with van der Waals surface area (Å²) in [6.07, 6.45) is 1.08. The van der Waals surface area contributed by atoms with Crippen molar-refractivity contribution in [2.45, 2.75) is 27.2 Å². The van der Waals surface area contributed by atoms with Crippen LogP contribution in [0.5, 0.6) is 0 Å². The summed E-state index contributed by atoms with van der Waals surface area (Å²) in [5, 5.41) is 12.3. The van der Waals surface area contributed by atoms with Crippen molar-refractivity contribution < 1.29 is 14.6 Å². The second kappa shape index (κ2) is 4.49. The lowest BCUT2D eigenvalue weighted by atomic mass is 9.85. The van der Waals surface area contributed by atoms with Gasteiger partial charge in [-0.2, -0.15) is 0 Å². The van der Waals surface area contributed by atoms with Crippen LogP contribution in [0.2, 0.25) is 0 Å². The van der Waals surface area contributed by atoms with E-state index in [-0.39, 0.29) is 5.41 Å². The summed E-state index contributed by atoms with van der Waals surface area (Å²) in [5.41, 5.74) is -0.450. The summed E-state index contributed by atoms with van der Waals surface area (Å²) in [6, 6.07) is 0. The normalized spacial score (nSPS) is 19.7. The van der Waals surface area contributed by atoms with Gasteiger partial charge in [0, 0.05) is 13.1 Å². The molecule has 0 unspecified atom stereocenters. The number of carbonyl (C=O) groups is 1. The Labute approximate surface area is 91.0 Å². The smallest absolute Gasteiger partial charge is 0.315 e. The molecule has 0 aliphatic carbocycles. The molecule has 0 amide bonds. The van der Waals surface area contributed by atoms with E-state index < -0.39 is 11.4 Å². The molecule has 0 aromatic rings. The maximum Gasteiger partial charge on any atom is 0.315 e. The van der Waals surface area contributed by atoms with Gasteiger partial charge in [-0.05, 0) is 11.8 Å². The zero-order chi connectivity index (χ0) is 11.5. The molecule has 0 saturated carbocycles. The summed E-state index contributed by atoms with van der Waals surface area (Å²) in [7, 11) is 0. The molecule has 4 nitrogen and oxygen atoms in total. The molecule has 0 bridgehead atoms. The van der Waals surface area contributed by atoms with Crippen LogP contribution in [-0.2, 0) is 9.53 Å². The summed E-state index contributed by atoms with van der Waals surface area (Å²) in [4.78, 5) is 11.0. The van der Waals surface area contributed by atoms with E-state index in [2.05, 4.69) is 26.1 Å². The van der Waals surface area contributed by atoms with Gasteiger partial charge in [-0.1, -0.05) is 20.8 Å². The highest BCUT2D eigenvalue weighted by molar-refractivity contribution is 5.76. The van der Waals surface area contributed by atoms with Crippen LogP contribution >= 0.6 is 0 Å².